The third-order valence-electron chi connectivity index (χ3n) is 3.59. The number of fused-ring (bicyclic) bond motifs is 1. The molecule has 0 spiro atoms. The fourth-order valence-corrected chi connectivity index (χ4v) is 2.33. The summed E-state index contributed by atoms with van der Waals surface area (Å²) in [5, 5.41) is 2.93. The van der Waals surface area contributed by atoms with Crippen LogP contribution in [0.3, 0.4) is 0 Å². The van der Waals surface area contributed by atoms with Crippen LogP contribution in [0.5, 0.6) is 0 Å². The zero-order chi connectivity index (χ0) is 16.9. The molecule has 0 bridgehead atoms. The molecule has 0 fully saturated rings. The summed E-state index contributed by atoms with van der Waals surface area (Å²) in [4.78, 5) is 23.6. The molecule has 24 heavy (non-hydrogen) atoms. The number of benzene rings is 1. The van der Waals surface area contributed by atoms with Crippen LogP contribution in [0.1, 0.15) is 29.5 Å². The molecular weight excluding hydrogens is 302 g/mol. The summed E-state index contributed by atoms with van der Waals surface area (Å²) in [6, 6.07) is 11.2. The van der Waals surface area contributed by atoms with Gasteiger partial charge in [0.2, 0.25) is 0 Å². The summed E-state index contributed by atoms with van der Waals surface area (Å²) in [5.74, 6) is 0.620. The number of amides is 1. The van der Waals surface area contributed by atoms with Crippen LogP contribution in [0.4, 0.5) is 5.82 Å². The molecule has 1 aromatic carbocycles. The topological polar surface area (TPSA) is 96.7 Å². The summed E-state index contributed by atoms with van der Waals surface area (Å²) in [6.07, 6.45) is 6.37. The number of rotatable bonds is 5. The molecule has 0 aliphatic heterocycles. The van der Waals surface area contributed by atoms with Gasteiger partial charge in [-0.15, -0.1) is 0 Å². The number of anilines is 1. The molecule has 1 atom stereocenters. The van der Waals surface area contributed by atoms with E-state index in [1.165, 1.54) is 0 Å². The van der Waals surface area contributed by atoms with Crippen LogP contribution >= 0.6 is 0 Å². The Balaban J connectivity index is 1.56. The second-order valence-corrected chi connectivity index (χ2v) is 5.63. The number of nitrogens with zero attached hydrogens (tertiary/aromatic N) is 2. The molecule has 0 aliphatic rings. The first-order valence-corrected chi connectivity index (χ1v) is 7.75. The SMILES string of the molecule is C[C@@H](C/C=C/c1ccc(N)nc1)NC(=O)c1nc2ccccc2[nH]1. The summed E-state index contributed by atoms with van der Waals surface area (Å²) >= 11 is 0. The van der Waals surface area contributed by atoms with E-state index in [2.05, 4.69) is 20.3 Å². The number of nitrogens with two attached hydrogens (primary N) is 1. The molecule has 0 unspecified atom stereocenters. The second-order valence-electron chi connectivity index (χ2n) is 5.63. The Bertz CT molecular complexity index is 834. The molecule has 0 radical (unpaired) electrons. The lowest BCUT2D eigenvalue weighted by Gasteiger charge is -2.10. The molecule has 0 saturated heterocycles. The molecule has 6 nitrogen and oxygen atoms in total. The summed E-state index contributed by atoms with van der Waals surface area (Å²) in [5.41, 5.74) is 8.16. The van der Waals surface area contributed by atoms with Crippen molar-refractivity contribution in [2.45, 2.75) is 19.4 Å². The van der Waals surface area contributed by atoms with Gasteiger partial charge in [-0.3, -0.25) is 4.79 Å². The maximum Gasteiger partial charge on any atom is 0.287 e. The quantitative estimate of drug-likeness (QED) is 0.673. The van der Waals surface area contributed by atoms with Gasteiger partial charge in [-0.1, -0.05) is 24.3 Å². The molecule has 3 rings (SSSR count). The highest BCUT2D eigenvalue weighted by Crippen LogP contribution is 2.10. The van der Waals surface area contributed by atoms with Crippen molar-refractivity contribution in [1.29, 1.82) is 0 Å². The van der Waals surface area contributed by atoms with Crippen molar-refractivity contribution in [3.8, 4) is 0 Å². The molecule has 0 aliphatic carbocycles. The minimum absolute atomic E-state index is 0.0105. The molecule has 0 saturated carbocycles. The standard InChI is InChI=1S/C18H19N5O/c1-12(5-4-6-13-9-10-16(19)20-11-13)21-18(24)17-22-14-7-2-3-8-15(14)23-17/h2-4,6-12H,5H2,1H3,(H2,19,20)(H,21,24)(H,22,23)/b6-4+/t12-/m0/s1. The highest BCUT2D eigenvalue weighted by molar-refractivity contribution is 5.94. The van der Waals surface area contributed by atoms with Crippen LogP contribution in [-0.2, 0) is 0 Å². The van der Waals surface area contributed by atoms with Crippen molar-refractivity contribution in [3.05, 3.63) is 60.1 Å². The van der Waals surface area contributed by atoms with Gasteiger partial charge in [0.1, 0.15) is 5.82 Å². The number of hydrogen-bond donors (Lipinski definition) is 3. The number of H-pyrrole nitrogens is 1. The Kier molecular flexibility index (Phi) is 4.56. The fraction of sp³-hybridized carbons (Fsp3) is 0.167. The summed E-state index contributed by atoms with van der Waals surface area (Å²) in [6.45, 7) is 1.95. The number of hydrogen-bond acceptors (Lipinski definition) is 4. The van der Waals surface area contributed by atoms with Gasteiger partial charge < -0.3 is 16.0 Å². The van der Waals surface area contributed by atoms with E-state index in [-0.39, 0.29) is 11.9 Å². The number of aromatic nitrogens is 3. The largest absolute Gasteiger partial charge is 0.384 e. The first-order valence-electron chi connectivity index (χ1n) is 7.75. The van der Waals surface area contributed by atoms with Gasteiger partial charge in [0.25, 0.3) is 5.91 Å². The van der Waals surface area contributed by atoms with Crippen molar-refractivity contribution in [3.63, 3.8) is 0 Å². The van der Waals surface area contributed by atoms with Gasteiger partial charge in [-0.2, -0.15) is 0 Å². The minimum Gasteiger partial charge on any atom is -0.384 e. The van der Waals surface area contributed by atoms with Gasteiger partial charge in [0.05, 0.1) is 11.0 Å². The van der Waals surface area contributed by atoms with Crippen molar-refractivity contribution in [2.75, 3.05) is 5.73 Å². The van der Waals surface area contributed by atoms with Gasteiger partial charge >= 0.3 is 0 Å². The van der Waals surface area contributed by atoms with Crippen molar-refractivity contribution >= 4 is 28.8 Å². The number of nitrogens with one attached hydrogen (secondary N) is 2. The van der Waals surface area contributed by atoms with Crippen LogP contribution in [0.15, 0.2) is 48.7 Å². The number of nitrogen functional groups attached to an aromatic ring is 1. The van der Waals surface area contributed by atoms with E-state index < -0.39 is 0 Å². The smallest absolute Gasteiger partial charge is 0.287 e. The van der Waals surface area contributed by atoms with E-state index in [4.69, 9.17) is 5.73 Å². The highest BCUT2D eigenvalue weighted by atomic mass is 16.2. The molecule has 4 N–H and O–H groups in total. The van der Waals surface area contributed by atoms with Crippen molar-refractivity contribution in [2.24, 2.45) is 0 Å². The van der Waals surface area contributed by atoms with E-state index in [1.54, 1.807) is 12.3 Å². The number of aromatic amines is 1. The predicted octanol–water partition coefficient (Wildman–Crippen LogP) is 2.76. The van der Waals surface area contributed by atoms with Gasteiger partial charge in [0.15, 0.2) is 5.82 Å². The van der Waals surface area contributed by atoms with Crippen LogP contribution in [0.25, 0.3) is 17.1 Å². The molecule has 3 aromatic rings. The van der Waals surface area contributed by atoms with E-state index in [9.17, 15) is 4.79 Å². The first-order chi connectivity index (χ1) is 11.6. The average Bonchev–Trinajstić information content (AvgIpc) is 3.01. The number of carbonyl (C=O) groups is 1. The first kappa shape index (κ1) is 15.7. The molecule has 122 valence electrons. The second kappa shape index (κ2) is 6.95. The Labute approximate surface area is 139 Å². The van der Waals surface area contributed by atoms with Gasteiger partial charge in [0, 0.05) is 12.2 Å². The molecule has 2 aromatic heterocycles. The number of para-hydroxylation sites is 2. The Morgan fingerprint density at radius 1 is 1.33 bits per heavy atom. The zero-order valence-corrected chi connectivity index (χ0v) is 13.4. The summed E-state index contributed by atoms with van der Waals surface area (Å²) < 4.78 is 0. The van der Waals surface area contributed by atoms with Crippen molar-refractivity contribution in [1.82, 2.24) is 20.3 Å². The lowest BCUT2D eigenvalue weighted by atomic mass is 10.2. The van der Waals surface area contributed by atoms with Crippen molar-refractivity contribution < 1.29 is 4.79 Å². The van der Waals surface area contributed by atoms with Crippen LogP contribution in [0, 0.1) is 0 Å². The highest BCUT2D eigenvalue weighted by Gasteiger charge is 2.13. The molecule has 6 heteroatoms. The Morgan fingerprint density at radius 3 is 2.92 bits per heavy atom. The van der Waals surface area contributed by atoms with E-state index in [1.807, 2.05) is 49.4 Å². The van der Waals surface area contributed by atoms with Gasteiger partial charge in [-0.25, -0.2) is 9.97 Å². The number of imidazole rings is 1. The molecule has 1 amide bonds. The van der Waals surface area contributed by atoms with E-state index in [0.29, 0.717) is 18.1 Å². The third-order valence-corrected chi connectivity index (χ3v) is 3.59. The van der Waals surface area contributed by atoms with Gasteiger partial charge in [-0.05, 0) is 43.2 Å². The third kappa shape index (κ3) is 3.78. The fourth-order valence-electron chi connectivity index (χ4n) is 2.33. The normalized spacial score (nSPS) is 12.5. The number of carbonyl (C=O) groups excluding carboxylic acids is 1. The minimum atomic E-state index is -0.207. The molecular formula is C18H19N5O. The Hall–Kier alpha value is -3.15. The monoisotopic (exact) mass is 321 g/mol. The van der Waals surface area contributed by atoms with E-state index in [0.717, 1.165) is 16.6 Å². The zero-order valence-electron chi connectivity index (χ0n) is 13.4. The lowest BCUT2D eigenvalue weighted by molar-refractivity contribution is 0.0931. The maximum absolute atomic E-state index is 12.2. The number of pyridine rings is 1. The predicted molar refractivity (Wildman–Crippen MR) is 95.3 cm³/mol. The summed E-state index contributed by atoms with van der Waals surface area (Å²) in [7, 11) is 0. The van der Waals surface area contributed by atoms with E-state index >= 15 is 0 Å². The molecule has 2 heterocycles. The Morgan fingerprint density at radius 2 is 2.17 bits per heavy atom. The maximum atomic E-state index is 12.2. The lowest BCUT2D eigenvalue weighted by Crippen LogP contribution is -2.32. The van der Waals surface area contributed by atoms with Crippen LogP contribution < -0.4 is 11.1 Å². The average molecular weight is 321 g/mol. The van der Waals surface area contributed by atoms with Crippen LogP contribution in [-0.4, -0.2) is 26.9 Å². The van der Waals surface area contributed by atoms with Crippen LogP contribution in [0.2, 0.25) is 0 Å².